The van der Waals surface area contributed by atoms with Crippen molar-refractivity contribution in [2.24, 2.45) is 0 Å². The summed E-state index contributed by atoms with van der Waals surface area (Å²) in [5.74, 6) is -0.434. The smallest absolute Gasteiger partial charge is 0.141 e. The molecule has 0 spiro atoms. The van der Waals surface area contributed by atoms with Crippen molar-refractivity contribution in [1.82, 2.24) is 0 Å². The normalized spacial score (nSPS) is 12.7. The molecular weight excluding hydrogens is 259 g/mol. The van der Waals surface area contributed by atoms with Gasteiger partial charge in [-0.05, 0) is 46.5 Å². The lowest BCUT2D eigenvalue weighted by atomic mass is 10.0. The standard InChI is InChI=1S/C13H12ClFOS/c1-8-6-17-7-10(8)13(16)5-9-2-3-12(15)11(14)4-9/h2-4,6-7,13,16H,5H2,1H3. The molecule has 0 aliphatic heterocycles. The first-order valence-electron chi connectivity index (χ1n) is 5.22. The van der Waals surface area contributed by atoms with Crippen LogP contribution in [0.15, 0.2) is 29.0 Å². The zero-order chi connectivity index (χ0) is 12.4. The maximum atomic E-state index is 13.0. The van der Waals surface area contributed by atoms with Crippen molar-refractivity contribution >= 4 is 22.9 Å². The average molecular weight is 271 g/mol. The number of aryl methyl sites for hydroxylation is 1. The number of thiophene rings is 1. The summed E-state index contributed by atoms with van der Waals surface area (Å²) >= 11 is 7.26. The largest absolute Gasteiger partial charge is 0.388 e. The van der Waals surface area contributed by atoms with Crippen molar-refractivity contribution in [3.8, 4) is 0 Å². The second-order valence-electron chi connectivity index (χ2n) is 3.98. The van der Waals surface area contributed by atoms with Crippen LogP contribution in [-0.2, 0) is 6.42 Å². The van der Waals surface area contributed by atoms with E-state index in [0.717, 1.165) is 16.7 Å². The summed E-state index contributed by atoms with van der Waals surface area (Å²) in [7, 11) is 0. The van der Waals surface area contributed by atoms with E-state index in [-0.39, 0.29) is 5.02 Å². The molecule has 0 aliphatic rings. The Balaban J connectivity index is 2.16. The second-order valence-corrected chi connectivity index (χ2v) is 5.13. The molecule has 0 amide bonds. The van der Waals surface area contributed by atoms with E-state index in [1.807, 2.05) is 17.7 Å². The van der Waals surface area contributed by atoms with Crippen molar-refractivity contribution in [1.29, 1.82) is 0 Å². The van der Waals surface area contributed by atoms with E-state index in [9.17, 15) is 9.50 Å². The van der Waals surface area contributed by atoms with E-state index >= 15 is 0 Å². The van der Waals surface area contributed by atoms with Crippen LogP contribution in [0.3, 0.4) is 0 Å². The molecule has 0 saturated heterocycles. The van der Waals surface area contributed by atoms with Crippen LogP contribution >= 0.6 is 22.9 Å². The summed E-state index contributed by atoms with van der Waals surface area (Å²) in [4.78, 5) is 0. The van der Waals surface area contributed by atoms with Crippen LogP contribution in [0.5, 0.6) is 0 Å². The lowest BCUT2D eigenvalue weighted by Crippen LogP contribution is -2.02. The fourth-order valence-corrected chi connectivity index (χ4v) is 2.81. The summed E-state index contributed by atoms with van der Waals surface area (Å²) in [6.07, 6.45) is -0.125. The van der Waals surface area contributed by atoms with Gasteiger partial charge in [-0.15, -0.1) is 0 Å². The molecule has 0 aliphatic carbocycles. The molecule has 4 heteroatoms. The molecule has 0 saturated carbocycles. The highest BCUT2D eigenvalue weighted by atomic mass is 35.5. The lowest BCUT2D eigenvalue weighted by Gasteiger charge is -2.11. The minimum Gasteiger partial charge on any atom is -0.388 e. The Labute approximate surface area is 108 Å². The Morgan fingerprint density at radius 1 is 1.41 bits per heavy atom. The number of benzene rings is 1. The van der Waals surface area contributed by atoms with Crippen LogP contribution < -0.4 is 0 Å². The molecule has 1 unspecified atom stereocenters. The second kappa shape index (κ2) is 5.17. The van der Waals surface area contributed by atoms with Crippen LogP contribution in [0, 0.1) is 12.7 Å². The maximum Gasteiger partial charge on any atom is 0.141 e. The SMILES string of the molecule is Cc1cscc1C(O)Cc1ccc(F)c(Cl)c1. The number of rotatable bonds is 3. The Hall–Kier alpha value is -0.900. The summed E-state index contributed by atoms with van der Waals surface area (Å²) in [5, 5.41) is 14.1. The maximum absolute atomic E-state index is 13.0. The monoisotopic (exact) mass is 270 g/mol. The van der Waals surface area contributed by atoms with Gasteiger partial charge in [0.1, 0.15) is 5.82 Å². The molecule has 0 fully saturated rings. The predicted octanol–water partition coefficient (Wildman–Crippen LogP) is 4.13. The van der Waals surface area contributed by atoms with E-state index < -0.39 is 11.9 Å². The third kappa shape index (κ3) is 2.86. The molecule has 1 N–H and O–H groups in total. The average Bonchev–Trinajstić information content (AvgIpc) is 2.70. The molecule has 1 atom stereocenters. The molecule has 0 radical (unpaired) electrons. The quantitative estimate of drug-likeness (QED) is 0.889. The van der Waals surface area contributed by atoms with Crippen LogP contribution in [0.25, 0.3) is 0 Å². The van der Waals surface area contributed by atoms with E-state index in [2.05, 4.69) is 0 Å². The molecule has 2 rings (SSSR count). The van der Waals surface area contributed by atoms with Crippen molar-refractivity contribution in [3.05, 3.63) is 56.5 Å². The van der Waals surface area contributed by atoms with Gasteiger partial charge in [-0.3, -0.25) is 0 Å². The first-order valence-corrected chi connectivity index (χ1v) is 6.54. The Morgan fingerprint density at radius 2 is 2.18 bits per heavy atom. The summed E-state index contributed by atoms with van der Waals surface area (Å²) in [6, 6.07) is 4.53. The van der Waals surface area contributed by atoms with Gasteiger partial charge in [0.25, 0.3) is 0 Å². The minimum atomic E-state index is -0.567. The lowest BCUT2D eigenvalue weighted by molar-refractivity contribution is 0.178. The van der Waals surface area contributed by atoms with Gasteiger partial charge in [0, 0.05) is 6.42 Å². The fourth-order valence-electron chi connectivity index (χ4n) is 1.71. The number of halogens is 2. The van der Waals surface area contributed by atoms with Crippen LogP contribution in [0.1, 0.15) is 22.8 Å². The third-order valence-electron chi connectivity index (χ3n) is 2.67. The van der Waals surface area contributed by atoms with Gasteiger partial charge in [0.2, 0.25) is 0 Å². The van der Waals surface area contributed by atoms with Gasteiger partial charge in [0.05, 0.1) is 11.1 Å². The molecule has 1 aromatic carbocycles. The topological polar surface area (TPSA) is 20.2 Å². The molecule has 17 heavy (non-hydrogen) atoms. The van der Waals surface area contributed by atoms with E-state index in [1.165, 1.54) is 6.07 Å². The number of aliphatic hydroxyl groups excluding tert-OH is 1. The van der Waals surface area contributed by atoms with Gasteiger partial charge < -0.3 is 5.11 Å². The summed E-state index contributed by atoms with van der Waals surface area (Å²) < 4.78 is 13.0. The molecule has 1 nitrogen and oxygen atoms in total. The first-order chi connectivity index (χ1) is 8.08. The van der Waals surface area contributed by atoms with Crippen molar-refractivity contribution in [2.45, 2.75) is 19.4 Å². The zero-order valence-electron chi connectivity index (χ0n) is 9.28. The van der Waals surface area contributed by atoms with Crippen LogP contribution in [0.4, 0.5) is 4.39 Å². The Bertz CT molecular complexity index is 524. The van der Waals surface area contributed by atoms with E-state index in [0.29, 0.717) is 6.42 Å². The van der Waals surface area contributed by atoms with Crippen molar-refractivity contribution in [2.75, 3.05) is 0 Å². The minimum absolute atomic E-state index is 0.0942. The molecular formula is C13H12ClFOS. The van der Waals surface area contributed by atoms with Crippen LogP contribution in [0.2, 0.25) is 5.02 Å². The van der Waals surface area contributed by atoms with E-state index in [1.54, 1.807) is 23.5 Å². The Kier molecular flexibility index (Phi) is 3.82. The highest BCUT2D eigenvalue weighted by molar-refractivity contribution is 7.08. The third-order valence-corrected chi connectivity index (χ3v) is 3.84. The highest BCUT2D eigenvalue weighted by Gasteiger charge is 2.12. The summed E-state index contributed by atoms with van der Waals surface area (Å²) in [6.45, 7) is 1.96. The number of hydrogen-bond donors (Lipinski definition) is 1. The predicted molar refractivity (Wildman–Crippen MR) is 69.1 cm³/mol. The van der Waals surface area contributed by atoms with Crippen molar-refractivity contribution in [3.63, 3.8) is 0 Å². The molecule has 1 heterocycles. The summed E-state index contributed by atoms with van der Waals surface area (Å²) in [5.41, 5.74) is 2.83. The van der Waals surface area contributed by atoms with E-state index in [4.69, 9.17) is 11.6 Å². The molecule has 0 bridgehead atoms. The first kappa shape index (κ1) is 12.6. The highest BCUT2D eigenvalue weighted by Crippen LogP contribution is 2.26. The molecule has 1 aromatic heterocycles. The molecule has 90 valence electrons. The number of aliphatic hydroxyl groups is 1. The van der Waals surface area contributed by atoms with Gasteiger partial charge >= 0.3 is 0 Å². The van der Waals surface area contributed by atoms with Gasteiger partial charge in [-0.1, -0.05) is 17.7 Å². The fraction of sp³-hybridized carbons (Fsp3) is 0.231. The van der Waals surface area contributed by atoms with Crippen LogP contribution in [-0.4, -0.2) is 5.11 Å². The van der Waals surface area contributed by atoms with Gasteiger partial charge in [-0.2, -0.15) is 11.3 Å². The molecule has 2 aromatic rings. The number of hydrogen-bond acceptors (Lipinski definition) is 2. The Morgan fingerprint density at radius 3 is 2.76 bits per heavy atom. The van der Waals surface area contributed by atoms with Crippen molar-refractivity contribution < 1.29 is 9.50 Å². The van der Waals surface area contributed by atoms with Gasteiger partial charge in [0.15, 0.2) is 0 Å². The zero-order valence-corrected chi connectivity index (χ0v) is 10.9. The van der Waals surface area contributed by atoms with Gasteiger partial charge in [-0.25, -0.2) is 4.39 Å².